The summed E-state index contributed by atoms with van der Waals surface area (Å²) in [6.45, 7) is 0.789. The summed E-state index contributed by atoms with van der Waals surface area (Å²) in [5.41, 5.74) is 3.74. The van der Waals surface area contributed by atoms with Gasteiger partial charge in [-0.2, -0.15) is 0 Å². The minimum absolute atomic E-state index is 0. The van der Waals surface area contributed by atoms with Crippen molar-refractivity contribution in [2.24, 2.45) is 0 Å². The van der Waals surface area contributed by atoms with E-state index < -0.39 is 0 Å². The molecule has 19 heavy (non-hydrogen) atoms. The van der Waals surface area contributed by atoms with Gasteiger partial charge in [-0.15, -0.1) is 12.4 Å². The third-order valence-electron chi connectivity index (χ3n) is 3.57. The van der Waals surface area contributed by atoms with Crippen LogP contribution in [-0.2, 0) is 13.0 Å². The van der Waals surface area contributed by atoms with Crippen molar-refractivity contribution in [3.63, 3.8) is 0 Å². The third kappa shape index (κ3) is 2.98. The Hall–Kier alpha value is -1.35. The van der Waals surface area contributed by atoms with Gasteiger partial charge in [0.1, 0.15) is 0 Å². The summed E-state index contributed by atoms with van der Waals surface area (Å²) in [7, 11) is 0. The minimum Gasteiger partial charge on any atom is -0.391 e. The first-order valence-electron chi connectivity index (χ1n) is 6.38. The smallest absolute Gasteiger partial charge is 0.0775 e. The van der Waals surface area contributed by atoms with Gasteiger partial charge >= 0.3 is 0 Å². The molecule has 0 radical (unpaired) electrons. The molecule has 3 rings (SSSR count). The van der Waals surface area contributed by atoms with Gasteiger partial charge in [-0.3, -0.25) is 0 Å². The summed E-state index contributed by atoms with van der Waals surface area (Å²) < 4.78 is 0. The molecule has 0 aromatic heterocycles. The predicted octanol–water partition coefficient (Wildman–Crippen LogP) is 2.86. The second kappa shape index (κ2) is 6.20. The normalized spacial score (nSPS) is 20.7. The maximum atomic E-state index is 10.1. The molecule has 2 N–H and O–H groups in total. The van der Waals surface area contributed by atoms with Crippen LogP contribution in [0.25, 0.3) is 0 Å². The van der Waals surface area contributed by atoms with Gasteiger partial charge in [0.05, 0.1) is 12.1 Å². The van der Waals surface area contributed by atoms with E-state index in [9.17, 15) is 5.11 Å². The van der Waals surface area contributed by atoms with E-state index in [4.69, 9.17) is 0 Å². The van der Waals surface area contributed by atoms with Gasteiger partial charge in [-0.25, -0.2) is 0 Å². The van der Waals surface area contributed by atoms with Crippen LogP contribution in [0.15, 0.2) is 54.6 Å². The molecule has 2 nitrogen and oxygen atoms in total. The van der Waals surface area contributed by atoms with Crippen molar-refractivity contribution in [3.05, 3.63) is 71.3 Å². The fourth-order valence-electron chi connectivity index (χ4n) is 2.64. The van der Waals surface area contributed by atoms with Crippen LogP contribution in [0.3, 0.4) is 0 Å². The van der Waals surface area contributed by atoms with Crippen LogP contribution in [0.2, 0.25) is 0 Å². The van der Waals surface area contributed by atoms with E-state index in [2.05, 4.69) is 29.6 Å². The quantitative estimate of drug-likeness (QED) is 0.903. The third-order valence-corrected chi connectivity index (χ3v) is 3.57. The second-order valence-electron chi connectivity index (χ2n) is 4.81. The zero-order chi connectivity index (χ0) is 12.4. The van der Waals surface area contributed by atoms with Gasteiger partial charge in [0.25, 0.3) is 0 Å². The molecule has 1 aliphatic carbocycles. The minimum atomic E-state index is -0.314. The largest absolute Gasteiger partial charge is 0.391 e. The molecule has 0 bridgehead atoms. The summed E-state index contributed by atoms with van der Waals surface area (Å²) in [6.07, 6.45) is 0.439. The van der Waals surface area contributed by atoms with Gasteiger partial charge in [0, 0.05) is 13.0 Å². The van der Waals surface area contributed by atoms with Crippen LogP contribution in [0.1, 0.15) is 22.7 Å². The van der Waals surface area contributed by atoms with Crippen LogP contribution in [0, 0.1) is 0 Å². The summed E-state index contributed by atoms with van der Waals surface area (Å²) in [5.74, 6) is 0. The predicted molar refractivity (Wildman–Crippen MR) is 79.4 cm³/mol. The first kappa shape index (κ1) is 14.1. The van der Waals surface area contributed by atoms with E-state index >= 15 is 0 Å². The number of halogens is 1. The van der Waals surface area contributed by atoms with Crippen LogP contribution >= 0.6 is 12.4 Å². The first-order valence-corrected chi connectivity index (χ1v) is 6.38. The molecule has 0 heterocycles. The van der Waals surface area contributed by atoms with Gasteiger partial charge in [-0.1, -0.05) is 54.6 Å². The Kier molecular flexibility index (Phi) is 4.59. The molecule has 2 aromatic carbocycles. The number of hydrogen-bond acceptors (Lipinski definition) is 2. The lowest BCUT2D eigenvalue weighted by Gasteiger charge is -2.18. The van der Waals surface area contributed by atoms with Crippen molar-refractivity contribution in [3.8, 4) is 0 Å². The first-order chi connectivity index (χ1) is 8.84. The molecule has 0 fully saturated rings. The Balaban J connectivity index is 0.00000133. The molecular weight excluding hydrogens is 258 g/mol. The lowest BCUT2D eigenvalue weighted by Crippen LogP contribution is -2.28. The topological polar surface area (TPSA) is 32.3 Å². The number of nitrogens with one attached hydrogen (secondary N) is 1. The van der Waals surface area contributed by atoms with Gasteiger partial charge in [-0.05, 0) is 16.7 Å². The standard InChI is InChI=1S/C16H17NO.ClH/c18-15-10-13-8-4-5-9-14(13)16(15)17-11-12-6-2-1-3-7-12;/h1-9,15-18H,10-11H2;1H. The van der Waals surface area contributed by atoms with Crippen molar-refractivity contribution < 1.29 is 5.11 Å². The van der Waals surface area contributed by atoms with E-state index in [1.54, 1.807) is 0 Å². The number of aliphatic hydroxyl groups is 1. The van der Waals surface area contributed by atoms with E-state index in [0.29, 0.717) is 0 Å². The highest BCUT2D eigenvalue weighted by Gasteiger charge is 2.29. The zero-order valence-electron chi connectivity index (χ0n) is 10.6. The molecule has 2 unspecified atom stereocenters. The average molecular weight is 276 g/mol. The number of aliphatic hydroxyl groups excluding tert-OH is 1. The highest BCUT2D eigenvalue weighted by molar-refractivity contribution is 5.85. The summed E-state index contributed by atoms with van der Waals surface area (Å²) in [5, 5.41) is 13.6. The molecule has 0 saturated carbocycles. The molecule has 0 saturated heterocycles. The molecule has 100 valence electrons. The highest BCUT2D eigenvalue weighted by Crippen LogP contribution is 2.31. The Bertz CT molecular complexity index is 529. The Labute approximate surface area is 119 Å². The monoisotopic (exact) mass is 275 g/mol. The molecule has 2 atom stereocenters. The summed E-state index contributed by atoms with van der Waals surface area (Å²) in [6, 6.07) is 18.6. The number of benzene rings is 2. The lowest BCUT2D eigenvalue weighted by atomic mass is 10.1. The van der Waals surface area contributed by atoms with E-state index in [1.165, 1.54) is 16.7 Å². The number of hydrogen-bond donors (Lipinski definition) is 2. The van der Waals surface area contributed by atoms with Crippen LogP contribution in [-0.4, -0.2) is 11.2 Å². The molecule has 3 heteroatoms. The molecular formula is C16H18ClNO. The molecule has 1 aliphatic rings. The Morgan fingerprint density at radius 2 is 1.68 bits per heavy atom. The van der Waals surface area contributed by atoms with Crippen molar-refractivity contribution >= 4 is 12.4 Å². The van der Waals surface area contributed by atoms with E-state index in [0.717, 1.165) is 13.0 Å². The SMILES string of the molecule is Cl.OC1Cc2ccccc2C1NCc1ccccc1. The molecule has 0 amide bonds. The molecule has 0 spiro atoms. The van der Waals surface area contributed by atoms with Crippen molar-refractivity contribution in [1.82, 2.24) is 5.32 Å². The van der Waals surface area contributed by atoms with Gasteiger partial charge in [0.2, 0.25) is 0 Å². The van der Waals surface area contributed by atoms with Crippen molar-refractivity contribution in [2.45, 2.75) is 25.1 Å². The van der Waals surface area contributed by atoms with Crippen molar-refractivity contribution in [1.29, 1.82) is 0 Å². The Morgan fingerprint density at radius 1 is 1.00 bits per heavy atom. The fourth-order valence-corrected chi connectivity index (χ4v) is 2.64. The van der Waals surface area contributed by atoms with E-state index in [1.807, 2.05) is 30.3 Å². The maximum Gasteiger partial charge on any atom is 0.0775 e. The summed E-state index contributed by atoms with van der Waals surface area (Å²) in [4.78, 5) is 0. The lowest BCUT2D eigenvalue weighted by molar-refractivity contribution is 0.140. The van der Waals surface area contributed by atoms with E-state index in [-0.39, 0.29) is 24.6 Å². The number of fused-ring (bicyclic) bond motifs is 1. The average Bonchev–Trinajstić information content (AvgIpc) is 2.73. The second-order valence-corrected chi connectivity index (χ2v) is 4.81. The van der Waals surface area contributed by atoms with Gasteiger partial charge < -0.3 is 10.4 Å². The zero-order valence-corrected chi connectivity index (χ0v) is 11.4. The molecule has 0 aliphatic heterocycles. The van der Waals surface area contributed by atoms with Gasteiger partial charge in [0.15, 0.2) is 0 Å². The summed E-state index contributed by atoms with van der Waals surface area (Å²) >= 11 is 0. The fraction of sp³-hybridized carbons (Fsp3) is 0.250. The highest BCUT2D eigenvalue weighted by atomic mass is 35.5. The molecule has 2 aromatic rings. The number of rotatable bonds is 3. The van der Waals surface area contributed by atoms with Crippen LogP contribution in [0.5, 0.6) is 0 Å². The van der Waals surface area contributed by atoms with Crippen molar-refractivity contribution in [2.75, 3.05) is 0 Å². The Morgan fingerprint density at radius 3 is 2.47 bits per heavy atom. The van der Waals surface area contributed by atoms with Crippen LogP contribution in [0.4, 0.5) is 0 Å². The van der Waals surface area contributed by atoms with Crippen LogP contribution < -0.4 is 5.32 Å². The maximum absolute atomic E-state index is 10.1.